The number of benzene rings is 1. The Bertz CT molecular complexity index is 564. The second-order valence-corrected chi connectivity index (χ2v) is 5.99. The van der Waals surface area contributed by atoms with Crippen LogP contribution in [-0.2, 0) is 9.53 Å². The fourth-order valence-corrected chi connectivity index (χ4v) is 3.65. The molecule has 0 spiro atoms. The normalized spacial score (nSPS) is 28.4. The first kappa shape index (κ1) is 15.0. The van der Waals surface area contributed by atoms with Crippen molar-refractivity contribution >= 4 is 5.91 Å². The Morgan fingerprint density at radius 3 is 2.86 bits per heavy atom. The predicted molar refractivity (Wildman–Crippen MR) is 87.6 cm³/mol. The van der Waals surface area contributed by atoms with Crippen LogP contribution in [0.4, 0.5) is 0 Å². The summed E-state index contributed by atoms with van der Waals surface area (Å²) in [5.41, 5.74) is 1.32. The average molecular weight is 297 g/mol. The van der Waals surface area contributed by atoms with Gasteiger partial charge in [0.1, 0.15) is 0 Å². The number of hydrogen-bond donors (Lipinski definition) is 0. The first-order chi connectivity index (χ1) is 10.8. The summed E-state index contributed by atoms with van der Waals surface area (Å²) < 4.78 is 5.69. The summed E-state index contributed by atoms with van der Waals surface area (Å²) >= 11 is 0. The highest BCUT2D eigenvalue weighted by Crippen LogP contribution is 2.40. The lowest BCUT2D eigenvalue weighted by molar-refractivity contribution is -0.128. The van der Waals surface area contributed by atoms with E-state index in [0.29, 0.717) is 17.9 Å². The van der Waals surface area contributed by atoms with Crippen LogP contribution in [0.5, 0.6) is 0 Å². The van der Waals surface area contributed by atoms with Gasteiger partial charge in [-0.25, -0.2) is 0 Å². The van der Waals surface area contributed by atoms with Crippen LogP contribution in [0.1, 0.15) is 24.8 Å². The van der Waals surface area contributed by atoms with E-state index in [4.69, 9.17) is 4.74 Å². The van der Waals surface area contributed by atoms with Crippen molar-refractivity contribution in [2.45, 2.75) is 25.3 Å². The summed E-state index contributed by atoms with van der Waals surface area (Å²) in [5.74, 6) is 0.911. The van der Waals surface area contributed by atoms with Gasteiger partial charge in [0.05, 0.1) is 6.61 Å². The number of rotatable bonds is 3. The predicted octanol–water partition coefficient (Wildman–Crippen LogP) is 3.15. The molecule has 1 amide bonds. The highest BCUT2D eigenvalue weighted by atomic mass is 16.5. The number of fused-ring (bicyclic) bond motifs is 1. The van der Waals surface area contributed by atoms with E-state index in [0.717, 1.165) is 26.2 Å². The molecule has 0 saturated carbocycles. The van der Waals surface area contributed by atoms with Crippen LogP contribution in [0.25, 0.3) is 0 Å². The minimum atomic E-state index is 0.119. The van der Waals surface area contributed by atoms with Crippen LogP contribution < -0.4 is 0 Å². The van der Waals surface area contributed by atoms with Crippen molar-refractivity contribution in [2.24, 2.45) is 5.92 Å². The van der Waals surface area contributed by atoms with Gasteiger partial charge in [0.15, 0.2) is 0 Å². The molecular weight excluding hydrogens is 274 g/mol. The van der Waals surface area contributed by atoms with Crippen LogP contribution in [0, 0.1) is 5.92 Å². The van der Waals surface area contributed by atoms with Gasteiger partial charge in [0.2, 0.25) is 5.91 Å². The molecule has 2 saturated heterocycles. The van der Waals surface area contributed by atoms with Crippen molar-refractivity contribution < 1.29 is 9.53 Å². The Hall–Kier alpha value is -1.87. The van der Waals surface area contributed by atoms with E-state index in [1.165, 1.54) is 5.56 Å². The zero-order chi connectivity index (χ0) is 15.4. The molecule has 3 rings (SSSR count). The first-order valence-electron chi connectivity index (χ1n) is 8.04. The van der Waals surface area contributed by atoms with E-state index in [1.807, 2.05) is 36.1 Å². The van der Waals surface area contributed by atoms with E-state index in [-0.39, 0.29) is 5.91 Å². The van der Waals surface area contributed by atoms with Gasteiger partial charge >= 0.3 is 0 Å². The second kappa shape index (κ2) is 6.93. The molecule has 3 nitrogen and oxygen atoms in total. The lowest BCUT2D eigenvalue weighted by atomic mass is 9.84. The molecule has 0 aliphatic carbocycles. The third kappa shape index (κ3) is 3.00. The van der Waals surface area contributed by atoms with Crippen molar-refractivity contribution in [1.29, 1.82) is 0 Å². The molecule has 3 heteroatoms. The number of allylic oxidation sites excluding steroid dienone is 3. The van der Waals surface area contributed by atoms with Gasteiger partial charge in [-0.05, 0) is 18.9 Å². The van der Waals surface area contributed by atoms with E-state index < -0.39 is 0 Å². The van der Waals surface area contributed by atoms with Crippen LogP contribution >= 0.6 is 0 Å². The lowest BCUT2D eigenvalue weighted by Crippen LogP contribution is -2.41. The van der Waals surface area contributed by atoms with Gasteiger partial charge in [0, 0.05) is 37.1 Å². The molecule has 2 heterocycles. The average Bonchev–Trinajstić information content (AvgIpc) is 2.95. The van der Waals surface area contributed by atoms with Gasteiger partial charge in [-0.3, -0.25) is 4.79 Å². The van der Waals surface area contributed by atoms with Gasteiger partial charge in [0.25, 0.3) is 0 Å². The Balaban J connectivity index is 1.82. The summed E-state index contributed by atoms with van der Waals surface area (Å²) in [4.78, 5) is 14.6. The Labute approximate surface area is 132 Å². The molecule has 22 heavy (non-hydrogen) atoms. The fraction of sp³-hybridized carbons (Fsp3) is 0.421. The molecule has 0 unspecified atom stereocenters. The smallest absolute Gasteiger partial charge is 0.246 e. The molecule has 2 fully saturated rings. The van der Waals surface area contributed by atoms with Crippen LogP contribution in [0.2, 0.25) is 0 Å². The van der Waals surface area contributed by atoms with Crippen molar-refractivity contribution in [2.75, 3.05) is 19.8 Å². The van der Waals surface area contributed by atoms with E-state index in [1.54, 1.807) is 6.08 Å². The maximum absolute atomic E-state index is 12.5. The molecule has 1 aromatic rings. The Morgan fingerprint density at radius 1 is 1.27 bits per heavy atom. The van der Waals surface area contributed by atoms with Gasteiger partial charge < -0.3 is 9.64 Å². The van der Waals surface area contributed by atoms with Crippen molar-refractivity contribution in [3.8, 4) is 0 Å². The quantitative estimate of drug-likeness (QED) is 0.633. The van der Waals surface area contributed by atoms with Crippen LogP contribution in [0.15, 0.2) is 54.6 Å². The van der Waals surface area contributed by atoms with E-state index >= 15 is 0 Å². The number of nitrogens with zero attached hydrogens (tertiary/aromatic N) is 1. The number of likely N-dealkylation sites (tertiary alicyclic amines) is 1. The minimum absolute atomic E-state index is 0.119. The van der Waals surface area contributed by atoms with Crippen molar-refractivity contribution in [3.63, 3.8) is 0 Å². The number of carbonyl (C=O) groups excluding carboxylic acids is 1. The molecule has 0 radical (unpaired) electrons. The van der Waals surface area contributed by atoms with Gasteiger partial charge in [-0.2, -0.15) is 0 Å². The zero-order valence-electron chi connectivity index (χ0n) is 13.0. The topological polar surface area (TPSA) is 29.5 Å². The van der Waals surface area contributed by atoms with Gasteiger partial charge in [-0.15, -0.1) is 0 Å². The maximum Gasteiger partial charge on any atom is 0.246 e. The second-order valence-electron chi connectivity index (χ2n) is 5.99. The van der Waals surface area contributed by atoms with Crippen LogP contribution in [-0.4, -0.2) is 36.6 Å². The fourth-order valence-electron chi connectivity index (χ4n) is 3.65. The molecule has 2 aliphatic heterocycles. The van der Waals surface area contributed by atoms with E-state index in [2.05, 4.69) is 24.3 Å². The number of hydrogen-bond acceptors (Lipinski definition) is 2. The number of ether oxygens (including phenoxy) is 1. The summed E-state index contributed by atoms with van der Waals surface area (Å²) in [6.45, 7) is 4.25. The van der Waals surface area contributed by atoms with Crippen molar-refractivity contribution in [1.82, 2.24) is 4.90 Å². The number of amides is 1. The highest BCUT2D eigenvalue weighted by molar-refractivity contribution is 5.88. The largest absolute Gasteiger partial charge is 0.381 e. The molecule has 0 bridgehead atoms. The molecule has 0 aromatic heterocycles. The summed E-state index contributed by atoms with van der Waals surface area (Å²) in [5, 5.41) is 0. The Kier molecular flexibility index (Phi) is 4.74. The third-order valence-electron chi connectivity index (χ3n) is 4.73. The third-order valence-corrected chi connectivity index (χ3v) is 4.73. The first-order valence-corrected chi connectivity index (χ1v) is 8.04. The SMILES string of the molecule is C/C=C/C=C/C(=O)N1C[C@H](c2ccccc2)[C@@H]2COCC[C@H]21. The summed E-state index contributed by atoms with van der Waals surface area (Å²) in [6.07, 6.45) is 8.27. The molecule has 116 valence electrons. The standard InChI is InChI=1S/C19H23NO2/c1-2-3-5-10-19(21)20-13-16(15-8-6-4-7-9-15)17-14-22-12-11-18(17)20/h2-10,16-18H,11-14H2,1H3/b3-2+,10-5+/t16-,17+,18-/m1/s1. The van der Waals surface area contributed by atoms with Crippen LogP contribution in [0.3, 0.4) is 0 Å². The van der Waals surface area contributed by atoms with Gasteiger partial charge in [-0.1, -0.05) is 48.6 Å². The summed E-state index contributed by atoms with van der Waals surface area (Å²) in [7, 11) is 0. The number of carbonyl (C=O) groups is 1. The molecular formula is C19H23NO2. The van der Waals surface area contributed by atoms with E-state index in [9.17, 15) is 4.79 Å². The maximum atomic E-state index is 12.5. The monoisotopic (exact) mass is 297 g/mol. The molecule has 2 aliphatic rings. The molecule has 0 N–H and O–H groups in total. The molecule has 1 aromatic carbocycles. The lowest BCUT2D eigenvalue weighted by Gasteiger charge is -2.32. The zero-order valence-corrected chi connectivity index (χ0v) is 13.0. The minimum Gasteiger partial charge on any atom is -0.381 e. The molecule has 3 atom stereocenters. The highest BCUT2D eigenvalue weighted by Gasteiger charge is 2.45. The Morgan fingerprint density at radius 2 is 2.09 bits per heavy atom. The van der Waals surface area contributed by atoms with Crippen molar-refractivity contribution in [3.05, 3.63) is 60.2 Å². The summed E-state index contributed by atoms with van der Waals surface area (Å²) in [6, 6.07) is 10.8.